The van der Waals surface area contributed by atoms with Crippen LogP contribution in [0.25, 0.3) is 22.2 Å². The topological polar surface area (TPSA) is 80.0 Å². The van der Waals surface area contributed by atoms with Crippen LogP contribution in [0.5, 0.6) is 0 Å². The second-order valence-electron chi connectivity index (χ2n) is 8.32. The lowest BCUT2D eigenvalue weighted by atomic mass is 9.96. The van der Waals surface area contributed by atoms with Gasteiger partial charge in [0.1, 0.15) is 0 Å². The Labute approximate surface area is 180 Å². The molecule has 0 radical (unpaired) electrons. The summed E-state index contributed by atoms with van der Waals surface area (Å²) >= 11 is 0. The predicted octanol–water partition coefficient (Wildman–Crippen LogP) is 3.86. The van der Waals surface area contributed by atoms with Gasteiger partial charge >= 0.3 is 0 Å². The molecule has 6 heteroatoms. The lowest BCUT2D eigenvalue weighted by Crippen LogP contribution is -2.35. The van der Waals surface area contributed by atoms with Crippen LogP contribution in [0.3, 0.4) is 0 Å². The van der Waals surface area contributed by atoms with E-state index in [-0.39, 0.29) is 12.5 Å². The number of aliphatic hydroxyl groups is 1. The van der Waals surface area contributed by atoms with E-state index in [1.165, 1.54) is 0 Å². The number of carbonyl (C=O) groups is 1. The van der Waals surface area contributed by atoms with E-state index in [0.717, 1.165) is 51.7 Å². The Hall–Kier alpha value is -3.51. The molecule has 1 amide bonds. The van der Waals surface area contributed by atoms with Crippen molar-refractivity contribution < 1.29 is 9.90 Å². The number of carbonyl (C=O) groups excluding carboxylic acids is 1. The van der Waals surface area contributed by atoms with Crippen molar-refractivity contribution in [1.82, 2.24) is 20.1 Å². The third-order valence-electron chi connectivity index (χ3n) is 6.05. The van der Waals surface area contributed by atoms with E-state index in [0.29, 0.717) is 5.56 Å². The Morgan fingerprint density at radius 2 is 2.00 bits per heavy atom. The van der Waals surface area contributed by atoms with E-state index in [4.69, 9.17) is 4.98 Å². The van der Waals surface area contributed by atoms with E-state index >= 15 is 0 Å². The van der Waals surface area contributed by atoms with Crippen molar-refractivity contribution in [1.29, 1.82) is 0 Å². The van der Waals surface area contributed by atoms with Crippen LogP contribution < -0.4 is 5.32 Å². The normalized spacial score (nSPS) is 14.5. The average molecular weight is 412 g/mol. The first kappa shape index (κ1) is 19.5. The number of nitrogens with one attached hydrogen (secondary N) is 1. The second kappa shape index (κ2) is 7.32. The molecule has 5 rings (SSSR count). The molecule has 4 aromatic rings. The van der Waals surface area contributed by atoms with Crippen molar-refractivity contribution in [3.05, 3.63) is 83.2 Å². The zero-order chi connectivity index (χ0) is 21.6. The highest BCUT2D eigenvalue weighted by Crippen LogP contribution is 2.48. The molecule has 0 aliphatic heterocycles. The summed E-state index contributed by atoms with van der Waals surface area (Å²) in [6, 6.07) is 15.6. The fourth-order valence-corrected chi connectivity index (χ4v) is 4.22. The van der Waals surface area contributed by atoms with E-state index < -0.39 is 5.54 Å². The van der Waals surface area contributed by atoms with Gasteiger partial charge in [-0.15, -0.1) is 0 Å². The number of benzene rings is 2. The van der Waals surface area contributed by atoms with Crippen molar-refractivity contribution in [2.24, 2.45) is 7.05 Å². The minimum absolute atomic E-state index is 0.0349. The fourth-order valence-electron chi connectivity index (χ4n) is 4.22. The van der Waals surface area contributed by atoms with E-state index in [9.17, 15) is 9.90 Å². The molecule has 156 valence electrons. The number of aliphatic hydroxyl groups excluding tert-OH is 1. The second-order valence-corrected chi connectivity index (χ2v) is 8.32. The van der Waals surface area contributed by atoms with E-state index in [1.54, 1.807) is 16.8 Å². The molecule has 2 aromatic heterocycles. The van der Waals surface area contributed by atoms with Crippen molar-refractivity contribution >= 4 is 16.8 Å². The minimum Gasteiger partial charge on any atom is -0.392 e. The van der Waals surface area contributed by atoms with Gasteiger partial charge in [0.2, 0.25) is 0 Å². The maximum Gasteiger partial charge on any atom is 0.252 e. The highest BCUT2D eigenvalue weighted by atomic mass is 16.3. The van der Waals surface area contributed by atoms with Crippen molar-refractivity contribution in [2.75, 3.05) is 0 Å². The van der Waals surface area contributed by atoms with Crippen LogP contribution in [0.1, 0.15) is 39.9 Å². The first-order valence-electron chi connectivity index (χ1n) is 10.4. The first-order chi connectivity index (χ1) is 15.0. The Morgan fingerprint density at radius 1 is 1.19 bits per heavy atom. The summed E-state index contributed by atoms with van der Waals surface area (Å²) in [5.74, 6) is -0.0942. The van der Waals surface area contributed by atoms with Crippen LogP contribution in [-0.2, 0) is 19.2 Å². The predicted molar refractivity (Wildman–Crippen MR) is 119 cm³/mol. The van der Waals surface area contributed by atoms with Crippen LogP contribution in [0.2, 0.25) is 0 Å². The highest BCUT2D eigenvalue weighted by molar-refractivity contribution is 5.97. The molecule has 0 saturated heterocycles. The molecule has 6 nitrogen and oxygen atoms in total. The molecule has 0 bridgehead atoms. The van der Waals surface area contributed by atoms with Crippen LogP contribution in [0, 0.1) is 6.92 Å². The molecule has 2 heterocycles. The van der Waals surface area contributed by atoms with Crippen molar-refractivity contribution in [3.8, 4) is 11.3 Å². The molecule has 2 aromatic carbocycles. The molecule has 0 spiro atoms. The van der Waals surface area contributed by atoms with E-state index in [2.05, 4.69) is 22.5 Å². The average Bonchev–Trinajstić information content (AvgIpc) is 3.42. The fraction of sp³-hybridized carbons (Fsp3) is 0.240. The third kappa shape index (κ3) is 3.49. The molecular formula is C25H24N4O2. The Kier molecular flexibility index (Phi) is 4.59. The zero-order valence-electron chi connectivity index (χ0n) is 17.6. The molecular weight excluding hydrogens is 388 g/mol. The molecule has 1 fully saturated rings. The third-order valence-corrected chi connectivity index (χ3v) is 6.05. The molecule has 1 saturated carbocycles. The van der Waals surface area contributed by atoms with Crippen LogP contribution in [0.15, 0.2) is 60.9 Å². The van der Waals surface area contributed by atoms with Gasteiger partial charge in [0.15, 0.2) is 0 Å². The van der Waals surface area contributed by atoms with Crippen molar-refractivity contribution in [3.63, 3.8) is 0 Å². The van der Waals surface area contributed by atoms with Crippen molar-refractivity contribution in [2.45, 2.75) is 31.9 Å². The number of amides is 1. The lowest BCUT2D eigenvalue weighted by Gasteiger charge is -2.21. The monoisotopic (exact) mass is 412 g/mol. The number of hydrogen-bond donors (Lipinski definition) is 2. The maximum absolute atomic E-state index is 13.2. The quantitative estimate of drug-likeness (QED) is 0.522. The van der Waals surface area contributed by atoms with Gasteiger partial charge in [-0.2, -0.15) is 5.10 Å². The zero-order valence-corrected chi connectivity index (χ0v) is 17.6. The minimum atomic E-state index is -0.404. The summed E-state index contributed by atoms with van der Waals surface area (Å²) in [5.41, 5.74) is 5.69. The molecule has 31 heavy (non-hydrogen) atoms. The number of fused-ring (bicyclic) bond motifs is 1. The van der Waals surface area contributed by atoms with Crippen LogP contribution in [-0.4, -0.2) is 25.8 Å². The summed E-state index contributed by atoms with van der Waals surface area (Å²) in [7, 11) is 1.89. The maximum atomic E-state index is 13.2. The van der Waals surface area contributed by atoms with Gasteiger partial charge in [-0.1, -0.05) is 30.3 Å². The van der Waals surface area contributed by atoms with Gasteiger partial charge in [0.05, 0.1) is 29.6 Å². The highest BCUT2D eigenvalue weighted by Gasteiger charge is 2.47. The molecule has 0 unspecified atom stereocenters. The number of aromatic nitrogens is 3. The van der Waals surface area contributed by atoms with Gasteiger partial charge in [-0.05, 0) is 54.7 Å². The number of rotatable bonds is 5. The number of para-hydroxylation sites is 1. The van der Waals surface area contributed by atoms with Gasteiger partial charge in [0, 0.05) is 29.8 Å². The largest absolute Gasteiger partial charge is 0.392 e. The Morgan fingerprint density at radius 3 is 2.68 bits per heavy atom. The first-order valence-corrected chi connectivity index (χ1v) is 10.4. The van der Waals surface area contributed by atoms with E-state index in [1.807, 2.05) is 50.6 Å². The van der Waals surface area contributed by atoms with Gasteiger partial charge < -0.3 is 10.4 Å². The standard InChI is InChI=1S/C25H24N4O2/c1-16-11-17(15-30)7-8-19(16)24(31)28-25(9-10-25)21-12-23(18-13-26-29(2)14-18)27-22-6-4-3-5-20(21)22/h3-8,11-14,30H,9-10,15H2,1-2H3,(H,28,31). The summed E-state index contributed by atoms with van der Waals surface area (Å²) < 4.78 is 1.76. The number of nitrogens with zero attached hydrogens (tertiary/aromatic N) is 3. The number of pyridine rings is 1. The molecule has 0 atom stereocenters. The SMILES string of the molecule is Cc1cc(CO)ccc1C(=O)NC1(c2cc(-c3cnn(C)c3)nc3ccccc23)CC1. The van der Waals surface area contributed by atoms with Crippen LogP contribution >= 0.6 is 0 Å². The van der Waals surface area contributed by atoms with Gasteiger partial charge in [0.25, 0.3) is 5.91 Å². The number of aryl methyl sites for hydroxylation is 2. The smallest absolute Gasteiger partial charge is 0.252 e. The lowest BCUT2D eigenvalue weighted by molar-refractivity contribution is 0.0930. The van der Waals surface area contributed by atoms with Gasteiger partial charge in [-0.25, -0.2) is 4.98 Å². The summed E-state index contributed by atoms with van der Waals surface area (Å²) in [6.45, 7) is 1.86. The molecule has 1 aliphatic rings. The van der Waals surface area contributed by atoms with Gasteiger partial charge in [-0.3, -0.25) is 9.48 Å². The number of hydrogen-bond acceptors (Lipinski definition) is 4. The van der Waals surface area contributed by atoms with Crippen LogP contribution in [0.4, 0.5) is 0 Å². The Bertz CT molecular complexity index is 1300. The summed E-state index contributed by atoms with van der Waals surface area (Å²) in [5, 5.41) is 18.0. The molecule has 1 aliphatic carbocycles. The summed E-state index contributed by atoms with van der Waals surface area (Å²) in [6.07, 6.45) is 5.52. The Balaban J connectivity index is 1.56. The molecule has 2 N–H and O–H groups in total. The summed E-state index contributed by atoms with van der Waals surface area (Å²) in [4.78, 5) is 18.0.